The van der Waals surface area contributed by atoms with Crippen molar-refractivity contribution in [2.75, 3.05) is 33.0 Å². The highest BCUT2D eigenvalue weighted by Crippen LogP contribution is 2.36. The molecule has 1 aliphatic carbocycles. The number of aliphatic hydroxyl groups is 1. The lowest BCUT2D eigenvalue weighted by atomic mass is 10.0. The predicted molar refractivity (Wildman–Crippen MR) is 58.7 cm³/mol. The first-order valence-corrected chi connectivity index (χ1v) is 5.75. The third-order valence-electron chi connectivity index (χ3n) is 3.06. The van der Waals surface area contributed by atoms with E-state index in [1.54, 1.807) is 0 Å². The first-order valence-electron chi connectivity index (χ1n) is 5.75. The lowest BCUT2D eigenvalue weighted by Gasteiger charge is -2.28. The van der Waals surface area contributed by atoms with Crippen molar-refractivity contribution in [1.82, 2.24) is 0 Å². The Balaban J connectivity index is 2.17. The largest absolute Gasteiger partial charge is 0.394 e. The van der Waals surface area contributed by atoms with E-state index in [1.807, 2.05) is 0 Å². The standard InChI is InChI=1S/C11H23NO3/c1-10-2-3-11(8-10,9-12)15-7-6-14-5-4-13/h10,13H,2-9,12H2,1H3. The summed E-state index contributed by atoms with van der Waals surface area (Å²) >= 11 is 0. The molecule has 0 aromatic heterocycles. The number of ether oxygens (including phenoxy) is 2. The highest BCUT2D eigenvalue weighted by Gasteiger charge is 2.36. The van der Waals surface area contributed by atoms with Gasteiger partial charge in [-0.3, -0.25) is 0 Å². The van der Waals surface area contributed by atoms with Gasteiger partial charge in [0.2, 0.25) is 0 Å². The Labute approximate surface area is 91.7 Å². The van der Waals surface area contributed by atoms with Crippen LogP contribution in [0.2, 0.25) is 0 Å². The minimum atomic E-state index is -0.109. The molecule has 0 spiro atoms. The van der Waals surface area contributed by atoms with Crippen LogP contribution in [0.25, 0.3) is 0 Å². The van der Waals surface area contributed by atoms with E-state index >= 15 is 0 Å². The van der Waals surface area contributed by atoms with Crippen LogP contribution in [0.15, 0.2) is 0 Å². The van der Waals surface area contributed by atoms with Crippen molar-refractivity contribution in [3.05, 3.63) is 0 Å². The Morgan fingerprint density at radius 2 is 2.20 bits per heavy atom. The maximum Gasteiger partial charge on any atom is 0.0807 e. The van der Waals surface area contributed by atoms with Crippen LogP contribution in [0.4, 0.5) is 0 Å². The Morgan fingerprint density at radius 1 is 1.40 bits per heavy atom. The maximum absolute atomic E-state index is 8.52. The molecule has 1 rings (SSSR count). The van der Waals surface area contributed by atoms with E-state index in [1.165, 1.54) is 6.42 Å². The molecule has 3 N–H and O–H groups in total. The summed E-state index contributed by atoms with van der Waals surface area (Å²) in [5.74, 6) is 0.715. The second-order valence-corrected chi connectivity index (χ2v) is 4.42. The highest BCUT2D eigenvalue weighted by atomic mass is 16.5. The Kier molecular flexibility index (Phi) is 5.53. The van der Waals surface area contributed by atoms with Gasteiger partial charge in [0.25, 0.3) is 0 Å². The Bertz CT molecular complexity index is 177. The molecule has 4 nitrogen and oxygen atoms in total. The van der Waals surface area contributed by atoms with Crippen molar-refractivity contribution in [2.24, 2.45) is 11.7 Å². The number of nitrogens with two attached hydrogens (primary N) is 1. The minimum absolute atomic E-state index is 0.0685. The molecule has 2 unspecified atom stereocenters. The number of hydrogen-bond acceptors (Lipinski definition) is 4. The van der Waals surface area contributed by atoms with Crippen molar-refractivity contribution >= 4 is 0 Å². The van der Waals surface area contributed by atoms with Gasteiger partial charge >= 0.3 is 0 Å². The molecule has 0 amide bonds. The second-order valence-electron chi connectivity index (χ2n) is 4.42. The summed E-state index contributed by atoms with van der Waals surface area (Å²) in [5.41, 5.74) is 5.66. The lowest BCUT2D eigenvalue weighted by molar-refractivity contribution is -0.0622. The molecule has 0 heterocycles. The second kappa shape index (κ2) is 6.43. The number of aliphatic hydroxyl groups excluding tert-OH is 1. The first kappa shape index (κ1) is 12.9. The van der Waals surface area contributed by atoms with E-state index in [0.717, 1.165) is 12.8 Å². The monoisotopic (exact) mass is 217 g/mol. The van der Waals surface area contributed by atoms with Crippen LogP contribution in [0.1, 0.15) is 26.2 Å². The molecule has 0 aromatic rings. The highest BCUT2D eigenvalue weighted by molar-refractivity contribution is 4.90. The molecule has 0 bridgehead atoms. The number of hydrogen-bond donors (Lipinski definition) is 2. The zero-order valence-electron chi connectivity index (χ0n) is 9.58. The van der Waals surface area contributed by atoms with Crippen molar-refractivity contribution in [3.63, 3.8) is 0 Å². The van der Waals surface area contributed by atoms with Gasteiger partial charge in [0, 0.05) is 6.54 Å². The fourth-order valence-corrected chi connectivity index (χ4v) is 2.21. The Morgan fingerprint density at radius 3 is 2.73 bits per heavy atom. The summed E-state index contributed by atoms with van der Waals surface area (Å²) in [4.78, 5) is 0. The summed E-state index contributed by atoms with van der Waals surface area (Å²) < 4.78 is 11.0. The molecule has 1 aliphatic rings. The van der Waals surface area contributed by atoms with Gasteiger partial charge in [-0.15, -0.1) is 0 Å². The molecule has 1 saturated carbocycles. The quantitative estimate of drug-likeness (QED) is 0.611. The van der Waals surface area contributed by atoms with Crippen molar-refractivity contribution in [1.29, 1.82) is 0 Å². The average Bonchev–Trinajstić information content (AvgIpc) is 2.61. The van der Waals surface area contributed by atoms with Crippen LogP contribution < -0.4 is 5.73 Å². The molecular formula is C11H23NO3. The molecule has 0 saturated heterocycles. The van der Waals surface area contributed by atoms with Crippen molar-refractivity contribution in [2.45, 2.75) is 31.8 Å². The van der Waals surface area contributed by atoms with E-state index in [9.17, 15) is 0 Å². The summed E-state index contributed by atoms with van der Waals surface area (Å²) in [6.45, 7) is 4.40. The fourth-order valence-electron chi connectivity index (χ4n) is 2.21. The lowest BCUT2D eigenvalue weighted by Crippen LogP contribution is -2.39. The predicted octanol–water partition coefficient (Wildman–Crippen LogP) is 0.529. The molecule has 2 atom stereocenters. The minimum Gasteiger partial charge on any atom is -0.394 e. The zero-order valence-corrected chi connectivity index (χ0v) is 9.58. The first-order chi connectivity index (χ1) is 7.22. The summed E-state index contributed by atoms with van der Waals surface area (Å²) in [6.07, 6.45) is 3.32. The summed E-state index contributed by atoms with van der Waals surface area (Å²) in [7, 11) is 0. The molecule has 15 heavy (non-hydrogen) atoms. The van der Waals surface area contributed by atoms with E-state index in [-0.39, 0.29) is 12.2 Å². The summed E-state index contributed by atoms with van der Waals surface area (Å²) in [5, 5.41) is 8.52. The van der Waals surface area contributed by atoms with Gasteiger partial charge in [-0.05, 0) is 25.2 Å². The molecule has 0 aliphatic heterocycles. The normalized spacial score (nSPS) is 31.0. The molecule has 90 valence electrons. The summed E-state index contributed by atoms with van der Waals surface area (Å²) in [6, 6.07) is 0. The van der Waals surface area contributed by atoms with Gasteiger partial charge in [-0.1, -0.05) is 6.92 Å². The van der Waals surface area contributed by atoms with Gasteiger partial charge in [0.05, 0.1) is 32.0 Å². The van der Waals surface area contributed by atoms with Crippen LogP contribution >= 0.6 is 0 Å². The van der Waals surface area contributed by atoms with Crippen LogP contribution in [0.5, 0.6) is 0 Å². The zero-order chi connectivity index (χ0) is 11.1. The third-order valence-corrected chi connectivity index (χ3v) is 3.06. The topological polar surface area (TPSA) is 64.7 Å². The van der Waals surface area contributed by atoms with Gasteiger partial charge in [-0.25, -0.2) is 0 Å². The van der Waals surface area contributed by atoms with Crippen molar-refractivity contribution in [3.8, 4) is 0 Å². The van der Waals surface area contributed by atoms with Crippen LogP contribution in [0.3, 0.4) is 0 Å². The fraction of sp³-hybridized carbons (Fsp3) is 1.00. The van der Waals surface area contributed by atoms with E-state index in [4.69, 9.17) is 20.3 Å². The smallest absolute Gasteiger partial charge is 0.0807 e. The van der Waals surface area contributed by atoms with Crippen LogP contribution in [-0.2, 0) is 9.47 Å². The number of rotatable bonds is 7. The SMILES string of the molecule is CC1CCC(CN)(OCCOCCO)C1. The maximum atomic E-state index is 8.52. The molecule has 1 fully saturated rings. The molecule has 0 aromatic carbocycles. The van der Waals surface area contributed by atoms with Gasteiger partial charge in [-0.2, -0.15) is 0 Å². The van der Waals surface area contributed by atoms with Gasteiger partial charge in [0.15, 0.2) is 0 Å². The average molecular weight is 217 g/mol. The Hall–Kier alpha value is -0.160. The van der Waals surface area contributed by atoms with Crippen molar-refractivity contribution < 1.29 is 14.6 Å². The van der Waals surface area contributed by atoms with E-state index < -0.39 is 0 Å². The molecule has 0 radical (unpaired) electrons. The molecular weight excluding hydrogens is 194 g/mol. The van der Waals surface area contributed by atoms with Gasteiger partial charge in [0.1, 0.15) is 0 Å². The van der Waals surface area contributed by atoms with Crippen LogP contribution in [0, 0.1) is 5.92 Å². The van der Waals surface area contributed by atoms with Gasteiger partial charge < -0.3 is 20.3 Å². The van der Waals surface area contributed by atoms with Crippen LogP contribution in [-0.4, -0.2) is 43.7 Å². The molecule has 4 heteroatoms. The van der Waals surface area contributed by atoms with E-state index in [0.29, 0.717) is 32.3 Å². The third kappa shape index (κ3) is 4.07. The van der Waals surface area contributed by atoms with E-state index in [2.05, 4.69) is 6.92 Å².